The summed E-state index contributed by atoms with van der Waals surface area (Å²) in [5.41, 5.74) is 0. The smallest absolute Gasteiger partial charge is 0.276 e. The number of sulfonamides is 1. The first-order valence-corrected chi connectivity index (χ1v) is 8.11. The van der Waals surface area contributed by atoms with E-state index in [-0.39, 0.29) is 11.1 Å². The first-order chi connectivity index (χ1) is 8.59. The molecule has 2 aliphatic rings. The summed E-state index contributed by atoms with van der Waals surface area (Å²) in [6.07, 6.45) is 5.57. The van der Waals surface area contributed by atoms with Gasteiger partial charge in [0.1, 0.15) is 5.76 Å². The van der Waals surface area contributed by atoms with Gasteiger partial charge in [0, 0.05) is 12.6 Å². The van der Waals surface area contributed by atoms with Crippen LogP contribution in [0.15, 0.2) is 21.6 Å². The lowest BCUT2D eigenvalue weighted by atomic mass is 9.79. The van der Waals surface area contributed by atoms with Gasteiger partial charge in [0.05, 0.1) is 0 Å². The summed E-state index contributed by atoms with van der Waals surface area (Å²) in [4.78, 5) is 0. The molecule has 1 aromatic rings. The third kappa shape index (κ3) is 1.89. The number of rotatable bonds is 3. The van der Waals surface area contributed by atoms with Crippen molar-refractivity contribution in [3.8, 4) is 0 Å². The molecule has 3 rings (SSSR count). The SMILES string of the molecule is Cc1ccc(S(=O)(=O)N2CCCC2C2CCC2)o1. The molecule has 2 heterocycles. The van der Waals surface area contributed by atoms with E-state index < -0.39 is 10.0 Å². The molecule has 1 aliphatic carbocycles. The lowest BCUT2D eigenvalue weighted by molar-refractivity contribution is 0.189. The molecular formula is C13H19NO3S. The Morgan fingerprint density at radius 3 is 2.56 bits per heavy atom. The van der Waals surface area contributed by atoms with Gasteiger partial charge >= 0.3 is 0 Å². The Bertz CT molecular complexity index is 530. The van der Waals surface area contributed by atoms with Gasteiger partial charge in [-0.05, 0) is 50.7 Å². The Morgan fingerprint density at radius 2 is 2.00 bits per heavy atom. The van der Waals surface area contributed by atoms with Crippen molar-refractivity contribution in [2.75, 3.05) is 6.54 Å². The van der Waals surface area contributed by atoms with Crippen LogP contribution in [0.1, 0.15) is 37.9 Å². The van der Waals surface area contributed by atoms with Gasteiger partial charge < -0.3 is 4.42 Å². The van der Waals surface area contributed by atoms with Crippen LogP contribution in [0.4, 0.5) is 0 Å². The molecule has 0 radical (unpaired) electrons. The van der Waals surface area contributed by atoms with E-state index in [1.807, 2.05) is 0 Å². The first kappa shape index (κ1) is 12.2. The maximum Gasteiger partial charge on any atom is 0.276 e. The standard InChI is InChI=1S/C13H19NO3S/c1-10-7-8-13(17-10)18(15,16)14-9-3-6-12(14)11-4-2-5-11/h7-8,11-12H,2-6,9H2,1H3. The molecule has 5 heteroatoms. The third-order valence-electron chi connectivity index (χ3n) is 4.22. The summed E-state index contributed by atoms with van der Waals surface area (Å²) in [5.74, 6) is 1.21. The summed E-state index contributed by atoms with van der Waals surface area (Å²) in [6, 6.07) is 3.48. The Morgan fingerprint density at radius 1 is 1.22 bits per heavy atom. The second-order valence-electron chi connectivity index (χ2n) is 5.38. The van der Waals surface area contributed by atoms with Gasteiger partial charge in [0.2, 0.25) is 5.09 Å². The van der Waals surface area contributed by atoms with E-state index in [4.69, 9.17) is 4.42 Å². The summed E-state index contributed by atoms with van der Waals surface area (Å²) >= 11 is 0. The largest absolute Gasteiger partial charge is 0.449 e. The van der Waals surface area contributed by atoms with Gasteiger partial charge in [-0.2, -0.15) is 4.31 Å². The van der Waals surface area contributed by atoms with Gasteiger partial charge in [-0.1, -0.05) is 6.42 Å². The highest BCUT2D eigenvalue weighted by Crippen LogP contribution is 2.39. The van der Waals surface area contributed by atoms with Crippen LogP contribution in [-0.2, 0) is 10.0 Å². The zero-order valence-electron chi connectivity index (χ0n) is 10.6. The summed E-state index contributed by atoms with van der Waals surface area (Å²) < 4.78 is 32.1. The van der Waals surface area contributed by atoms with E-state index >= 15 is 0 Å². The molecule has 1 saturated carbocycles. The molecule has 0 aromatic carbocycles. The second kappa shape index (κ2) is 4.38. The fourth-order valence-corrected chi connectivity index (χ4v) is 4.74. The topological polar surface area (TPSA) is 50.5 Å². The Labute approximate surface area is 108 Å². The Kier molecular flexibility index (Phi) is 2.98. The number of nitrogens with zero attached hydrogens (tertiary/aromatic N) is 1. The molecule has 0 bridgehead atoms. The lowest BCUT2D eigenvalue weighted by Gasteiger charge is -2.35. The minimum absolute atomic E-state index is 0.103. The predicted molar refractivity (Wildman–Crippen MR) is 67.7 cm³/mol. The molecule has 2 fully saturated rings. The number of hydrogen-bond donors (Lipinski definition) is 0. The van der Waals surface area contributed by atoms with Gasteiger partial charge in [0.15, 0.2) is 0 Å². The van der Waals surface area contributed by atoms with Gasteiger partial charge in [0.25, 0.3) is 10.0 Å². The van der Waals surface area contributed by atoms with E-state index in [2.05, 4.69) is 0 Å². The number of hydrogen-bond acceptors (Lipinski definition) is 3. The second-order valence-corrected chi connectivity index (χ2v) is 7.20. The maximum absolute atomic E-state index is 12.5. The predicted octanol–water partition coefficient (Wildman–Crippen LogP) is 2.54. The number of aryl methyl sites for hydroxylation is 1. The van der Waals surface area contributed by atoms with Crippen molar-refractivity contribution in [2.45, 2.75) is 50.2 Å². The van der Waals surface area contributed by atoms with Crippen LogP contribution in [0.25, 0.3) is 0 Å². The van der Waals surface area contributed by atoms with Crippen LogP contribution >= 0.6 is 0 Å². The summed E-state index contributed by atoms with van der Waals surface area (Å²) in [7, 11) is -3.42. The first-order valence-electron chi connectivity index (χ1n) is 6.67. The molecule has 18 heavy (non-hydrogen) atoms. The van der Waals surface area contributed by atoms with E-state index in [0.29, 0.717) is 18.2 Å². The zero-order valence-corrected chi connectivity index (χ0v) is 11.4. The monoisotopic (exact) mass is 269 g/mol. The molecule has 0 amide bonds. The van der Waals surface area contributed by atoms with Crippen LogP contribution < -0.4 is 0 Å². The average Bonchev–Trinajstić information content (AvgIpc) is 2.84. The van der Waals surface area contributed by atoms with Crippen molar-refractivity contribution in [3.63, 3.8) is 0 Å². The normalized spacial score (nSPS) is 26.4. The molecule has 1 aliphatic heterocycles. The minimum Gasteiger partial charge on any atom is -0.449 e. The van der Waals surface area contributed by atoms with Crippen LogP contribution in [-0.4, -0.2) is 25.3 Å². The Balaban J connectivity index is 1.88. The minimum atomic E-state index is -3.42. The van der Waals surface area contributed by atoms with E-state index in [1.165, 1.54) is 19.3 Å². The fourth-order valence-electron chi connectivity index (χ4n) is 3.03. The van der Waals surface area contributed by atoms with Gasteiger partial charge in [-0.15, -0.1) is 0 Å². The highest BCUT2D eigenvalue weighted by Gasteiger charge is 2.42. The number of furan rings is 1. The molecule has 100 valence electrons. The molecule has 1 saturated heterocycles. The average molecular weight is 269 g/mol. The molecule has 0 N–H and O–H groups in total. The highest BCUT2D eigenvalue weighted by atomic mass is 32.2. The van der Waals surface area contributed by atoms with Crippen LogP contribution in [0.5, 0.6) is 0 Å². The molecule has 0 spiro atoms. The maximum atomic E-state index is 12.5. The highest BCUT2D eigenvalue weighted by molar-refractivity contribution is 7.89. The molecule has 1 atom stereocenters. The van der Waals surface area contributed by atoms with Gasteiger partial charge in [-0.25, -0.2) is 8.42 Å². The summed E-state index contributed by atoms with van der Waals surface area (Å²) in [5, 5.41) is 0.103. The summed E-state index contributed by atoms with van der Waals surface area (Å²) in [6.45, 7) is 2.41. The molecule has 4 nitrogen and oxygen atoms in total. The van der Waals surface area contributed by atoms with Crippen molar-refractivity contribution in [1.82, 2.24) is 4.31 Å². The molecular weight excluding hydrogens is 250 g/mol. The van der Waals surface area contributed by atoms with Crippen LogP contribution in [0.3, 0.4) is 0 Å². The van der Waals surface area contributed by atoms with E-state index in [9.17, 15) is 8.42 Å². The Hall–Kier alpha value is -0.810. The third-order valence-corrected chi connectivity index (χ3v) is 6.02. The van der Waals surface area contributed by atoms with Crippen LogP contribution in [0, 0.1) is 12.8 Å². The fraction of sp³-hybridized carbons (Fsp3) is 0.692. The van der Waals surface area contributed by atoms with Crippen molar-refractivity contribution in [2.24, 2.45) is 5.92 Å². The lowest BCUT2D eigenvalue weighted by Crippen LogP contribution is -2.42. The van der Waals surface area contributed by atoms with Crippen molar-refractivity contribution in [1.29, 1.82) is 0 Å². The van der Waals surface area contributed by atoms with Crippen molar-refractivity contribution < 1.29 is 12.8 Å². The van der Waals surface area contributed by atoms with Crippen molar-refractivity contribution in [3.05, 3.63) is 17.9 Å². The van der Waals surface area contributed by atoms with Crippen molar-refractivity contribution >= 4 is 10.0 Å². The zero-order chi connectivity index (χ0) is 12.8. The van der Waals surface area contributed by atoms with Crippen LogP contribution in [0.2, 0.25) is 0 Å². The quantitative estimate of drug-likeness (QED) is 0.847. The molecule has 1 unspecified atom stereocenters. The van der Waals surface area contributed by atoms with E-state index in [0.717, 1.165) is 12.8 Å². The van der Waals surface area contributed by atoms with Gasteiger partial charge in [-0.3, -0.25) is 0 Å². The van der Waals surface area contributed by atoms with E-state index in [1.54, 1.807) is 23.4 Å². The molecule has 1 aromatic heterocycles.